The molecule has 0 aromatic heterocycles. The molecule has 0 radical (unpaired) electrons. The van der Waals surface area contributed by atoms with Crippen LogP contribution in [0, 0.1) is 5.92 Å². The van der Waals surface area contributed by atoms with E-state index >= 15 is 0 Å². The van der Waals surface area contributed by atoms with Crippen molar-refractivity contribution in [3.8, 4) is 11.5 Å². The summed E-state index contributed by atoms with van der Waals surface area (Å²) in [5.41, 5.74) is 0.790. The zero-order valence-corrected chi connectivity index (χ0v) is 17.9. The van der Waals surface area contributed by atoms with Crippen LogP contribution in [-0.2, 0) is 9.59 Å². The lowest BCUT2D eigenvalue weighted by Gasteiger charge is -2.13. The van der Waals surface area contributed by atoms with E-state index in [2.05, 4.69) is 13.8 Å². The first-order chi connectivity index (χ1) is 13.3. The molecule has 0 atom stereocenters. The van der Waals surface area contributed by atoms with Crippen LogP contribution in [0.25, 0.3) is 6.08 Å². The number of amides is 1. The molecule has 1 amide bonds. The first kappa shape index (κ1) is 22.2. The van der Waals surface area contributed by atoms with Crippen LogP contribution in [0.4, 0.5) is 0 Å². The Bertz CT molecular complexity index is 776. The molecule has 1 aliphatic heterocycles. The highest BCUT2D eigenvalue weighted by Gasteiger charge is 2.32. The van der Waals surface area contributed by atoms with Gasteiger partial charge in [-0.15, -0.1) is 0 Å². The van der Waals surface area contributed by atoms with Gasteiger partial charge in [-0.2, -0.15) is 0 Å². The molecule has 8 heteroatoms. The highest BCUT2D eigenvalue weighted by molar-refractivity contribution is 8.26. The van der Waals surface area contributed by atoms with Crippen LogP contribution in [0.15, 0.2) is 23.1 Å². The fraction of sp³-hybridized carbons (Fsp3) is 0.450. The molecule has 0 spiro atoms. The molecule has 1 saturated heterocycles. The largest absolute Gasteiger partial charge is 0.490 e. The number of carbonyl (C=O) groups is 2. The average Bonchev–Trinajstić information content (AvgIpc) is 2.88. The van der Waals surface area contributed by atoms with Crippen molar-refractivity contribution in [1.29, 1.82) is 0 Å². The van der Waals surface area contributed by atoms with Gasteiger partial charge in [0, 0.05) is 6.54 Å². The second-order valence-corrected chi connectivity index (χ2v) is 8.32. The maximum absolute atomic E-state index is 12.5. The predicted molar refractivity (Wildman–Crippen MR) is 115 cm³/mol. The molecule has 152 valence electrons. The third-order valence-electron chi connectivity index (χ3n) is 3.94. The van der Waals surface area contributed by atoms with Gasteiger partial charge in [0.2, 0.25) is 0 Å². The lowest BCUT2D eigenvalue weighted by Crippen LogP contribution is -2.30. The number of rotatable bonds is 10. The first-order valence-corrected chi connectivity index (χ1v) is 10.4. The Morgan fingerprint density at radius 2 is 2.07 bits per heavy atom. The molecule has 0 aliphatic carbocycles. The molecular formula is C20H25NO5S2. The normalized spacial score (nSPS) is 15.6. The van der Waals surface area contributed by atoms with Crippen LogP contribution in [0.1, 0.15) is 39.2 Å². The molecule has 0 unspecified atom stereocenters. The molecule has 0 saturated carbocycles. The number of aliphatic carboxylic acids is 1. The van der Waals surface area contributed by atoms with Crippen molar-refractivity contribution in [2.75, 3.05) is 19.8 Å². The number of carboxylic acids is 1. The fourth-order valence-corrected chi connectivity index (χ4v) is 3.77. The Hall–Kier alpha value is -2.06. The molecule has 1 aromatic carbocycles. The molecule has 1 aliphatic rings. The van der Waals surface area contributed by atoms with E-state index in [0.29, 0.717) is 39.9 Å². The van der Waals surface area contributed by atoms with Crippen LogP contribution in [0.3, 0.4) is 0 Å². The quantitative estimate of drug-likeness (QED) is 0.447. The van der Waals surface area contributed by atoms with Gasteiger partial charge in [-0.1, -0.05) is 43.9 Å². The lowest BCUT2D eigenvalue weighted by atomic mass is 10.1. The summed E-state index contributed by atoms with van der Waals surface area (Å²) < 4.78 is 11.9. The third kappa shape index (κ3) is 6.24. The number of carbonyl (C=O) groups excluding carboxylic acids is 1. The van der Waals surface area contributed by atoms with Gasteiger partial charge in [0.1, 0.15) is 4.32 Å². The number of hydrogen-bond donors (Lipinski definition) is 1. The van der Waals surface area contributed by atoms with E-state index in [4.69, 9.17) is 26.8 Å². The maximum atomic E-state index is 12.5. The summed E-state index contributed by atoms with van der Waals surface area (Å²) in [6, 6.07) is 5.53. The van der Waals surface area contributed by atoms with Crippen molar-refractivity contribution in [1.82, 2.24) is 4.90 Å². The summed E-state index contributed by atoms with van der Waals surface area (Å²) in [5.74, 6) is 0.617. The Balaban J connectivity index is 2.16. The van der Waals surface area contributed by atoms with Crippen molar-refractivity contribution in [2.24, 2.45) is 5.92 Å². The van der Waals surface area contributed by atoms with Gasteiger partial charge in [-0.05, 0) is 43.0 Å². The smallest absolute Gasteiger partial charge is 0.305 e. The Morgan fingerprint density at radius 3 is 2.71 bits per heavy atom. The van der Waals surface area contributed by atoms with Crippen molar-refractivity contribution in [3.63, 3.8) is 0 Å². The number of carboxylic acid groups (broad SMARTS) is 1. The van der Waals surface area contributed by atoms with E-state index in [1.165, 1.54) is 16.7 Å². The van der Waals surface area contributed by atoms with Gasteiger partial charge in [0.25, 0.3) is 5.91 Å². The third-order valence-corrected chi connectivity index (χ3v) is 5.32. The SMILES string of the molecule is CCOc1cc(/C=C2/SC(=S)N(CCC(=O)O)C2=O)ccc1OCCC(C)C. The number of benzene rings is 1. The zero-order valence-electron chi connectivity index (χ0n) is 16.3. The van der Waals surface area contributed by atoms with Gasteiger partial charge in [0.15, 0.2) is 11.5 Å². The van der Waals surface area contributed by atoms with Gasteiger partial charge >= 0.3 is 5.97 Å². The molecule has 1 heterocycles. The van der Waals surface area contributed by atoms with Gasteiger partial charge < -0.3 is 14.6 Å². The van der Waals surface area contributed by atoms with E-state index in [1.807, 2.05) is 25.1 Å². The lowest BCUT2D eigenvalue weighted by molar-refractivity contribution is -0.137. The average molecular weight is 424 g/mol. The minimum absolute atomic E-state index is 0.0736. The second kappa shape index (κ2) is 10.5. The minimum atomic E-state index is -0.965. The first-order valence-electron chi connectivity index (χ1n) is 9.18. The van der Waals surface area contributed by atoms with E-state index in [-0.39, 0.29) is 18.9 Å². The standard InChI is InChI=1S/C20H25NO5S2/c1-4-25-16-11-14(5-6-15(16)26-10-8-13(2)3)12-17-19(24)21(20(27)28-17)9-7-18(22)23/h5-6,11-13H,4,7-10H2,1-3H3,(H,22,23)/b17-12+. The van der Waals surface area contributed by atoms with E-state index in [9.17, 15) is 9.59 Å². The molecular weight excluding hydrogens is 398 g/mol. The number of hydrogen-bond acceptors (Lipinski definition) is 6. The fourth-order valence-electron chi connectivity index (χ4n) is 2.46. The summed E-state index contributed by atoms with van der Waals surface area (Å²) in [6.07, 6.45) is 2.54. The molecule has 1 aromatic rings. The Labute approximate surface area is 174 Å². The molecule has 1 N–H and O–H groups in total. The molecule has 0 bridgehead atoms. The van der Waals surface area contributed by atoms with Gasteiger partial charge in [-0.25, -0.2) is 0 Å². The van der Waals surface area contributed by atoms with Crippen molar-refractivity contribution < 1.29 is 24.2 Å². The minimum Gasteiger partial charge on any atom is -0.490 e. The van der Waals surface area contributed by atoms with Crippen molar-refractivity contribution in [3.05, 3.63) is 28.7 Å². The Kier molecular flexibility index (Phi) is 8.32. The summed E-state index contributed by atoms with van der Waals surface area (Å²) >= 11 is 6.38. The zero-order chi connectivity index (χ0) is 20.7. The molecule has 28 heavy (non-hydrogen) atoms. The second-order valence-electron chi connectivity index (χ2n) is 6.65. The topological polar surface area (TPSA) is 76.1 Å². The number of ether oxygens (including phenoxy) is 2. The van der Waals surface area contributed by atoms with Crippen LogP contribution < -0.4 is 9.47 Å². The van der Waals surface area contributed by atoms with Crippen molar-refractivity contribution >= 4 is 46.3 Å². The van der Waals surface area contributed by atoms with Crippen LogP contribution in [0.2, 0.25) is 0 Å². The molecule has 2 rings (SSSR count). The molecule has 6 nitrogen and oxygen atoms in total. The number of nitrogens with zero attached hydrogens (tertiary/aromatic N) is 1. The molecule has 1 fully saturated rings. The summed E-state index contributed by atoms with van der Waals surface area (Å²) in [4.78, 5) is 25.1. The summed E-state index contributed by atoms with van der Waals surface area (Å²) in [7, 11) is 0. The highest BCUT2D eigenvalue weighted by atomic mass is 32.2. The van der Waals surface area contributed by atoms with E-state index < -0.39 is 5.97 Å². The van der Waals surface area contributed by atoms with Crippen LogP contribution in [-0.4, -0.2) is 46.0 Å². The monoisotopic (exact) mass is 423 g/mol. The van der Waals surface area contributed by atoms with Gasteiger partial charge in [-0.3, -0.25) is 14.5 Å². The predicted octanol–water partition coefficient (Wildman–Crippen LogP) is 4.19. The number of thioether (sulfide) groups is 1. The summed E-state index contributed by atoms with van der Waals surface area (Å²) in [6.45, 7) is 7.37. The maximum Gasteiger partial charge on any atom is 0.305 e. The van der Waals surface area contributed by atoms with E-state index in [0.717, 1.165) is 12.0 Å². The van der Waals surface area contributed by atoms with E-state index in [1.54, 1.807) is 6.08 Å². The van der Waals surface area contributed by atoms with Crippen LogP contribution in [0.5, 0.6) is 11.5 Å². The van der Waals surface area contributed by atoms with Crippen LogP contribution >= 0.6 is 24.0 Å². The number of thiocarbonyl (C=S) groups is 1. The van der Waals surface area contributed by atoms with Crippen molar-refractivity contribution in [2.45, 2.75) is 33.6 Å². The van der Waals surface area contributed by atoms with Gasteiger partial charge in [0.05, 0.1) is 24.5 Å². The Morgan fingerprint density at radius 1 is 1.32 bits per heavy atom. The summed E-state index contributed by atoms with van der Waals surface area (Å²) in [5, 5.41) is 8.82. The highest BCUT2D eigenvalue weighted by Crippen LogP contribution is 2.35.